The number of pyridine rings is 1. The standard InChI is InChI=1S/C17H22N4O3/c1-2-24-17(23)10-3-5-11(6-4-10)21-14-12-7-8-19-16(12)20-9-13(14)15(18)22/h7-11H,2-6H2,1H3,(H2,18,22)(H2,19,20,21). The molecule has 128 valence electrons. The highest BCUT2D eigenvalue weighted by Crippen LogP contribution is 2.31. The van der Waals surface area contributed by atoms with E-state index in [1.165, 1.54) is 6.20 Å². The Labute approximate surface area is 140 Å². The number of aromatic amines is 1. The number of esters is 1. The van der Waals surface area contributed by atoms with Crippen LogP contribution in [0.1, 0.15) is 43.0 Å². The number of nitrogens with two attached hydrogens (primary N) is 1. The minimum Gasteiger partial charge on any atom is -0.466 e. The first-order valence-corrected chi connectivity index (χ1v) is 8.29. The van der Waals surface area contributed by atoms with Crippen LogP contribution in [0.5, 0.6) is 0 Å². The molecular weight excluding hydrogens is 308 g/mol. The highest BCUT2D eigenvalue weighted by atomic mass is 16.5. The third-order valence-electron chi connectivity index (χ3n) is 4.55. The molecule has 1 aliphatic carbocycles. The number of amides is 1. The van der Waals surface area contributed by atoms with Gasteiger partial charge in [0, 0.05) is 23.8 Å². The van der Waals surface area contributed by atoms with E-state index in [1.54, 1.807) is 6.20 Å². The second kappa shape index (κ2) is 6.90. The number of hydrogen-bond donors (Lipinski definition) is 3. The summed E-state index contributed by atoms with van der Waals surface area (Å²) in [6.07, 6.45) is 6.53. The molecule has 0 aromatic carbocycles. The normalized spacial score (nSPS) is 20.7. The molecule has 1 aliphatic rings. The average Bonchev–Trinajstić information content (AvgIpc) is 3.05. The smallest absolute Gasteiger partial charge is 0.308 e. The molecule has 0 aliphatic heterocycles. The van der Waals surface area contributed by atoms with Crippen molar-refractivity contribution >= 4 is 28.6 Å². The zero-order valence-electron chi connectivity index (χ0n) is 13.7. The van der Waals surface area contributed by atoms with Crippen LogP contribution in [0.4, 0.5) is 5.69 Å². The summed E-state index contributed by atoms with van der Waals surface area (Å²) in [6.45, 7) is 2.24. The first-order chi connectivity index (χ1) is 11.6. The van der Waals surface area contributed by atoms with Gasteiger partial charge < -0.3 is 20.8 Å². The number of nitrogens with zero attached hydrogens (tertiary/aromatic N) is 1. The number of fused-ring (bicyclic) bond motifs is 1. The Hall–Kier alpha value is -2.57. The Bertz CT molecular complexity index is 747. The number of nitrogens with one attached hydrogen (secondary N) is 2. The average molecular weight is 330 g/mol. The molecule has 0 spiro atoms. The summed E-state index contributed by atoms with van der Waals surface area (Å²) in [5.74, 6) is -0.637. The summed E-state index contributed by atoms with van der Waals surface area (Å²) in [5.41, 5.74) is 7.30. The lowest BCUT2D eigenvalue weighted by Crippen LogP contribution is -2.31. The molecule has 1 amide bonds. The summed E-state index contributed by atoms with van der Waals surface area (Å²) in [6, 6.07) is 2.07. The topological polar surface area (TPSA) is 110 Å². The fraction of sp³-hybridized carbons (Fsp3) is 0.471. The second-order valence-corrected chi connectivity index (χ2v) is 6.10. The molecule has 0 saturated heterocycles. The van der Waals surface area contributed by atoms with Gasteiger partial charge in [-0.1, -0.05) is 0 Å². The van der Waals surface area contributed by atoms with Crippen molar-refractivity contribution in [3.63, 3.8) is 0 Å². The predicted molar refractivity (Wildman–Crippen MR) is 90.6 cm³/mol. The maximum absolute atomic E-state index is 11.8. The summed E-state index contributed by atoms with van der Waals surface area (Å²) >= 11 is 0. The molecule has 0 radical (unpaired) electrons. The first-order valence-electron chi connectivity index (χ1n) is 8.29. The third-order valence-corrected chi connectivity index (χ3v) is 4.55. The molecule has 7 nitrogen and oxygen atoms in total. The molecule has 7 heteroatoms. The van der Waals surface area contributed by atoms with Gasteiger partial charge in [-0.25, -0.2) is 4.98 Å². The predicted octanol–water partition coefficient (Wildman–Crippen LogP) is 2.20. The van der Waals surface area contributed by atoms with Gasteiger partial charge in [0.25, 0.3) is 5.91 Å². The minimum absolute atomic E-state index is 0.0247. The summed E-state index contributed by atoms with van der Waals surface area (Å²) in [4.78, 5) is 30.8. The number of anilines is 1. The molecule has 2 aromatic rings. The van der Waals surface area contributed by atoms with E-state index in [9.17, 15) is 9.59 Å². The van der Waals surface area contributed by atoms with E-state index >= 15 is 0 Å². The van der Waals surface area contributed by atoms with Crippen LogP contribution in [-0.4, -0.2) is 34.5 Å². The lowest BCUT2D eigenvalue weighted by atomic mass is 9.86. The van der Waals surface area contributed by atoms with Gasteiger partial charge in [-0.2, -0.15) is 0 Å². The molecule has 2 aromatic heterocycles. The van der Waals surface area contributed by atoms with Crippen LogP contribution in [-0.2, 0) is 9.53 Å². The molecular formula is C17H22N4O3. The van der Waals surface area contributed by atoms with Crippen molar-refractivity contribution in [3.05, 3.63) is 24.0 Å². The molecule has 1 fully saturated rings. The van der Waals surface area contributed by atoms with E-state index in [4.69, 9.17) is 10.5 Å². The van der Waals surface area contributed by atoms with Crippen molar-refractivity contribution < 1.29 is 14.3 Å². The molecule has 0 unspecified atom stereocenters. The van der Waals surface area contributed by atoms with Crippen molar-refractivity contribution in [3.8, 4) is 0 Å². The van der Waals surface area contributed by atoms with Gasteiger partial charge in [-0.05, 0) is 38.7 Å². The Morgan fingerprint density at radius 1 is 1.38 bits per heavy atom. The Morgan fingerprint density at radius 2 is 2.12 bits per heavy atom. The molecule has 3 rings (SSSR count). The number of rotatable bonds is 5. The van der Waals surface area contributed by atoms with Gasteiger partial charge >= 0.3 is 5.97 Å². The van der Waals surface area contributed by atoms with E-state index in [0.717, 1.165) is 31.1 Å². The molecule has 24 heavy (non-hydrogen) atoms. The van der Waals surface area contributed by atoms with Crippen LogP contribution in [0.25, 0.3) is 11.0 Å². The lowest BCUT2D eigenvalue weighted by molar-refractivity contribution is -0.149. The third kappa shape index (κ3) is 3.20. The monoisotopic (exact) mass is 330 g/mol. The zero-order valence-corrected chi connectivity index (χ0v) is 13.7. The number of primary amides is 1. The van der Waals surface area contributed by atoms with Crippen molar-refractivity contribution in [1.29, 1.82) is 0 Å². The molecule has 0 atom stereocenters. The maximum atomic E-state index is 11.8. The van der Waals surface area contributed by atoms with E-state index < -0.39 is 5.91 Å². The maximum Gasteiger partial charge on any atom is 0.308 e. The van der Waals surface area contributed by atoms with Crippen LogP contribution < -0.4 is 11.1 Å². The number of carbonyl (C=O) groups excluding carboxylic acids is 2. The fourth-order valence-corrected chi connectivity index (χ4v) is 3.29. The van der Waals surface area contributed by atoms with Gasteiger partial charge in [0.2, 0.25) is 0 Å². The van der Waals surface area contributed by atoms with Crippen LogP contribution in [0.2, 0.25) is 0 Å². The second-order valence-electron chi connectivity index (χ2n) is 6.10. The summed E-state index contributed by atoms with van der Waals surface area (Å²) < 4.78 is 5.10. The van der Waals surface area contributed by atoms with Gasteiger partial charge in [0.1, 0.15) is 5.65 Å². The van der Waals surface area contributed by atoms with E-state index in [2.05, 4.69) is 15.3 Å². The quantitative estimate of drug-likeness (QED) is 0.728. The zero-order chi connectivity index (χ0) is 17.1. The van der Waals surface area contributed by atoms with Crippen molar-refractivity contribution in [2.45, 2.75) is 38.6 Å². The van der Waals surface area contributed by atoms with Crippen LogP contribution in [0.15, 0.2) is 18.5 Å². The van der Waals surface area contributed by atoms with Gasteiger partial charge in [-0.15, -0.1) is 0 Å². The Balaban J connectivity index is 1.74. The number of carbonyl (C=O) groups is 2. The molecule has 1 saturated carbocycles. The van der Waals surface area contributed by atoms with Crippen molar-refractivity contribution in [1.82, 2.24) is 9.97 Å². The summed E-state index contributed by atoms with van der Waals surface area (Å²) in [7, 11) is 0. The summed E-state index contributed by atoms with van der Waals surface area (Å²) in [5, 5.41) is 4.28. The van der Waals surface area contributed by atoms with E-state index in [1.807, 2.05) is 13.0 Å². The van der Waals surface area contributed by atoms with Crippen molar-refractivity contribution in [2.24, 2.45) is 11.7 Å². The van der Waals surface area contributed by atoms with Gasteiger partial charge in [0.05, 0.1) is 23.8 Å². The van der Waals surface area contributed by atoms with E-state index in [-0.39, 0.29) is 17.9 Å². The molecule has 4 N–H and O–H groups in total. The number of aromatic nitrogens is 2. The largest absolute Gasteiger partial charge is 0.466 e. The van der Waals surface area contributed by atoms with Gasteiger partial charge in [0.15, 0.2) is 0 Å². The highest BCUT2D eigenvalue weighted by Gasteiger charge is 2.28. The van der Waals surface area contributed by atoms with E-state index in [0.29, 0.717) is 23.5 Å². The number of ether oxygens (including phenoxy) is 1. The van der Waals surface area contributed by atoms with Crippen LogP contribution in [0.3, 0.4) is 0 Å². The molecule has 0 bridgehead atoms. The Morgan fingerprint density at radius 3 is 2.79 bits per heavy atom. The fourth-order valence-electron chi connectivity index (χ4n) is 3.29. The van der Waals surface area contributed by atoms with Gasteiger partial charge in [-0.3, -0.25) is 9.59 Å². The molecule has 2 heterocycles. The van der Waals surface area contributed by atoms with Crippen molar-refractivity contribution in [2.75, 3.05) is 11.9 Å². The SMILES string of the molecule is CCOC(=O)C1CCC(Nc2c(C(N)=O)cnc3[nH]ccc23)CC1. The van der Waals surface area contributed by atoms with Crippen LogP contribution in [0, 0.1) is 5.92 Å². The van der Waals surface area contributed by atoms with Crippen LogP contribution >= 0.6 is 0 Å². The highest BCUT2D eigenvalue weighted by molar-refractivity contribution is 6.05. The lowest BCUT2D eigenvalue weighted by Gasteiger charge is -2.29. The Kier molecular flexibility index (Phi) is 4.69. The first kappa shape index (κ1) is 16.3. The number of hydrogen-bond acceptors (Lipinski definition) is 5. The number of H-pyrrole nitrogens is 1. The minimum atomic E-state index is -0.506.